The molecular formula is C15H20ClNO2. The van der Waals surface area contributed by atoms with Crippen LogP contribution in [0.5, 0.6) is 5.75 Å². The van der Waals surface area contributed by atoms with Gasteiger partial charge >= 0.3 is 0 Å². The van der Waals surface area contributed by atoms with Crippen LogP contribution in [0.2, 0.25) is 0 Å². The summed E-state index contributed by atoms with van der Waals surface area (Å²) in [6.45, 7) is 2.34. The molecule has 0 fully saturated rings. The summed E-state index contributed by atoms with van der Waals surface area (Å²) in [4.78, 5) is 0. The zero-order chi connectivity index (χ0) is 12.8. The van der Waals surface area contributed by atoms with E-state index in [1.54, 1.807) is 14.2 Å². The highest BCUT2D eigenvalue weighted by atomic mass is 35.5. The number of methoxy groups -OCH3 is 2. The molecule has 0 aromatic heterocycles. The fourth-order valence-electron chi connectivity index (χ4n) is 2.08. The second-order valence-electron chi connectivity index (χ2n) is 4.14. The molecular weight excluding hydrogens is 262 g/mol. The Kier molecular flexibility index (Phi) is 6.64. The quantitative estimate of drug-likeness (QED) is 0.826. The third kappa shape index (κ3) is 3.83. The van der Waals surface area contributed by atoms with Gasteiger partial charge in [0.2, 0.25) is 0 Å². The third-order valence-corrected chi connectivity index (χ3v) is 3.00. The standard InChI is InChI=1S/C15H19NO2.ClH/c1-17-10-9-16-11-14-13-6-4-3-5-12(13)7-8-15(14)18-2;/h3-8,16H,9-11H2,1-2H3;1H. The van der Waals surface area contributed by atoms with Crippen molar-refractivity contribution < 1.29 is 9.47 Å². The Morgan fingerprint density at radius 1 is 1.05 bits per heavy atom. The summed E-state index contributed by atoms with van der Waals surface area (Å²) in [5, 5.41) is 5.84. The average Bonchev–Trinajstić information content (AvgIpc) is 2.43. The van der Waals surface area contributed by atoms with Gasteiger partial charge in [-0.25, -0.2) is 0 Å². The first-order valence-electron chi connectivity index (χ1n) is 6.11. The summed E-state index contributed by atoms with van der Waals surface area (Å²) in [6, 6.07) is 12.5. The van der Waals surface area contributed by atoms with Gasteiger partial charge in [-0.15, -0.1) is 12.4 Å². The molecule has 0 aliphatic heterocycles. The molecule has 2 aromatic rings. The number of nitrogens with one attached hydrogen (secondary N) is 1. The minimum Gasteiger partial charge on any atom is -0.496 e. The summed E-state index contributed by atoms with van der Waals surface area (Å²) in [7, 11) is 3.42. The van der Waals surface area contributed by atoms with Crippen molar-refractivity contribution >= 4 is 23.2 Å². The molecule has 0 saturated carbocycles. The lowest BCUT2D eigenvalue weighted by atomic mass is 10.0. The van der Waals surface area contributed by atoms with Crippen LogP contribution in [0.4, 0.5) is 0 Å². The van der Waals surface area contributed by atoms with Gasteiger partial charge in [0.25, 0.3) is 0 Å². The van der Waals surface area contributed by atoms with E-state index >= 15 is 0 Å². The van der Waals surface area contributed by atoms with Crippen LogP contribution in [0.25, 0.3) is 10.8 Å². The van der Waals surface area contributed by atoms with Crippen molar-refractivity contribution in [2.45, 2.75) is 6.54 Å². The van der Waals surface area contributed by atoms with Crippen molar-refractivity contribution in [1.29, 1.82) is 0 Å². The van der Waals surface area contributed by atoms with Gasteiger partial charge in [0.15, 0.2) is 0 Å². The van der Waals surface area contributed by atoms with Crippen LogP contribution in [-0.4, -0.2) is 27.4 Å². The van der Waals surface area contributed by atoms with Crippen LogP contribution in [0.15, 0.2) is 36.4 Å². The fourth-order valence-corrected chi connectivity index (χ4v) is 2.08. The minimum absolute atomic E-state index is 0. The second kappa shape index (κ2) is 8.00. The lowest BCUT2D eigenvalue weighted by molar-refractivity contribution is 0.199. The molecule has 0 aliphatic rings. The topological polar surface area (TPSA) is 30.5 Å². The lowest BCUT2D eigenvalue weighted by Crippen LogP contribution is -2.19. The minimum atomic E-state index is 0. The molecule has 0 heterocycles. The number of rotatable bonds is 6. The number of ether oxygens (including phenoxy) is 2. The Labute approximate surface area is 120 Å². The maximum atomic E-state index is 5.44. The van der Waals surface area contributed by atoms with Gasteiger partial charge in [0.1, 0.15) is 5.75 Å². The number of hydrogen-bond donors (Lipinski definition) is 1. The van der Waals surface area contributed by atoms with Crippen LogP contribution in [0, 0.1) is 0 Å². The number of fused-ring (bicyclic) bond motifs is 1. The summed E-state index contributed by atoms with van der Waals surface area (Å²) in [5.41, 5.74) is 1.20. The van der Waals surface area contributed by atoms with Gasteiger partial charge in [-0.2, -0.15) is 0 Å². The zero-order valence-electron chi connectivity index (χ0n) is 11.3. The summed E-state index contributed by atoms with van der Waals surface area (Å²) in [6.07, 6.45) is 0. The highest BCUT2D eigenvalue weighted by Crippen LogP contribution is 2.27. The normalized spacial score (nSPS) is 10.2. The van der Waals surface area contributed by atoms with Gasteiger partial charge < -0.3 is 14.8 Å². The molecule has 19 heavy (non-hydrogen) atoms. The third-order valence-electron chi connectivity index (χ3n) is 3.00. The van der Waals surface area contributed by atoms with E-state index in [2.05, 4.69) is 35.6 Å². The fraction of sp³-hybridized carbons (Fsp3) is 0.333. The van der Waals surface area contributed by atoms with Crippen molar-refractivity contribution in [3.05, 3.63) is 42.0 Å². The number of hydrogen-bond acceptors (Lipinski definition) is 3. The first-order chi connectivity index (χ1) is 8.86. The smallest absolute Gasteiger partial charge is 0.123 e. The average molecular weight is 282 g/mol. The molecule has 0 spiro atoms. The van der Waals surface area contributed by atoms with Gasteiger partial charge in [-0.1, -0.05) is 30.3 Å². The Morgan fingerprint density at radius 3 is 2.58 bits per heavy atom. The first kappa shape index (κ1) is 15.8. The molecule has 4 heteroatoms. The SMILES string of the molecule is COCCNCc1c(OC)ccc2ccccc12.Cl. The molecule has 0 aliphatic carbocycles. The maximum Gasteiger partial charge on any atom is 0.123 e. The predicted molar refractivity (Wildman–Crippen MR) is 81.3 cm³/mol. The summed E-state index contributed by atoms with van der Waals surface area (Å²) >= 11 is 0. The molecule has 3 nitrogen and oxygen atoms in total. The molecule has 0 atom stereocenters. The molecule has 2 rings (SSSR count). The largest absolute Gasteiger partial charge is 0.496 e. The summed E-state index contributed by atoms with van der Waals surface area (Å²) in [5.74, 6) is 0.929. The van der Waals surface area contributed by atoms with Gasteiger partial charge in [-0.3, -0.25) is 0 Å². The molecule has 0 unspecified atom stereocenters. The molecule has 0 radical (unpaired) electrons. The Morgan fingerprint density at radius 2 is 1.84 bits per heavy atom. The highest BCUT2D eigenvalue weighted by molar-refractivity contribution is 5.87. The van der Waals surface area contributed by atoms with Gasteiger partial charge in [-0.05, 0) is 16.8 Å². The maximum absolute atomic E-state index is 5.44. The summed E-state index contributed by atoms with van der Waals surface area (Å²) < 4.78 is 10.5. The van der Waals surface area contributed by atoms with Crippen molar-refractivity contribution in [2.75, 3.05) is 27.4 Å². The Balaban J connectivity index is 0.00000180. The van der Waals surface area contributed by atoms with Crippen molar-refractivity contribution in [3.63, 3.8) is 0 Å². The zero-order valence-corrected chi connectivity index (χ0v) is 12.1. The second-order valence-corrected chi connectivity index (χ2v) is 4.14. The van der Waals surface area contributed by atoms with E-state index in [0.717, 1.165) is 18.8 Å². The van der Waals surface area contributed by atoms with Crippen LogP contribution < -0.4 is 10.1 Å². The van der Waals surface area contributed by atoms with E-state index in [9.17, 15) is 0 Å². The molecule has 1 N–H and O–H groups in total. The van der Waals surface area contributed by atoms with Crippen molar-refractivity contribution in [2.24, 2.45) is 0 Å². The lowest BCUT2D eigenvalue weighted by Gasteiger charge is -2.12. The Hall–Kier alpha value is -1.29. The Bertz CT molecular complexity index is 516. The first-order valence-corrected chi connectivity index (χ1v) is 6.11. The van der Waals surface area contributed by atoms with Crippen molar-refractivity contribution in [1.82, 2.24) is 5.32 Å². The van der Waals surface area contributed by atoms with E-state index in [0.29, 0.717) is 6.61 Å². The highest BCUT2D eigenvalue weighted by Gasteiger charge is 2.07. The molecule has 104 valence electrons. The van der Waals surface area contributed by atoms with Crippen LogP contribution in [-0.2, 0) is 11.3 Å². The van der Waals surface area contributed by atoms with Crippen LogP contribution in [0.3, 0.4) is 0 Å². The van der Waals surface area contributed by atoms with Crippen LogP contribution >= 0.6 is 12.4 Å². The monoisotopic (exact) mass is 281 g/mol. The van der Waals surface area contributed by atoms with E-state index < -0.39 is 0 Å². The molecule has 0 saturated heterocycles. The molecule has 0 amide bonds. The van der Waals surface area contributed by atoms with E-state index in [-0.39, 0.29) is 12.4 Å². The predicted octanol–water partition coefficient (Wildman–Crippen LogP) is 3.01. The van der Waals surface area contributed by atoms with Gasteiger partial charge in [0, 0.05) is 25.8 Å². The van der Waals surface area contributed by atoms with Crippen LogP contribution in [0.1, 0.15) is 5.56 Å². The van der Waals surface area contributed by atoms with E-state index in [4.69, 9.17) is 9.47 Å². The number of benzene rings is 2. The molecule has 0 bridgehead atoms. The van der Waals surface area contributed by atoms with Crippen molar-refractivity contribution in [3.8, 4) is 5.75 Å². The van der Waals surface area contributed by atoms with E-state index in [1.165, 1.54) is 16.3 Å². The van der Waals surface area contributed by atoms with Gasteiger partial charge in [0.05, 0.1) is 13.7 Å². The molecule has 2 aromatic carbocycles. The van der Waals surface area contributed by atoms with E-state index in [1.807, 2.05) is 6.07 Å². The number of halogens is 1.